The Labute approximate surface area is 170 Å². The van der Waals surface area contributed by atoms with Crippen LogP contribution in [0.15, 0.2) is 18.2 Å². The molecule has 0 aromatic heterocycles. The summed E-state index contributed by atoms with van der Waals surface area (Å²) in [5.74, 6) is 0.0441. The van der Waals surface area contributed by atoms with Crippen molar-refractivity contribution < 1.29 is 18.7 Å². The molecule has 1 N–H and O–H groups in total. The third-order valence-corrected chi connectivity index (χ3v) is 5.85. The van der Waals surface area contributed by atoms with Crippen LogP contribution in [0.2, 0.25) is 0 Å². The molecule has 1 heterocycles. The van der Waals surface area contributed by atoms with Gasteiger partial charge in [-0.15, -0.1) is 11.8 Å². The number of esters is 1. The molecular formula is C20H30FN3O3S. The minimum Gasteiger partial charge on any atom is -0.468 e. The molecule has 1 aliphatic rings. The van der Waals surface area contributed by atoms with Gasteiger partial charge in [-0.1, -0.05) is 6.92 Å². The highest BCUT2D eigenvalue weighted by Gasteiger charge is 2.21. The number of hydrogen-bond donors (Lipinski definition) is 1. The second kappa shape index (κ2) is 11.3. The van der Waals surface area contributed by atoms with Gasteiger partial charge in [0.1, 0.15) is 5.82 Å². The first-order valence-corrected chi connectivity index (χ1v) is 10.8. The summed E-state index contributed by atoms with van der Waals surface area (Å²) in [7, 11) is 1.34. The molecule has 28 heavy (non-hydrogen) atoms. The number of anilines is 1. The zero-order valence-corrected chi connectivity index (χ0v) is 17.7. The Balaban J connectivity index is 1.94. The van der Waals surface area contributed by atoms with E-state index in [2.05, 4.69) is 26.8 Å². The zero-order valence-electron chi connectivity index (χ0n) is 16.9. The number of carbonyl (C=O) groups is 2. The number of hydrogen-bond acceptors (Lipinski definition) is 6. The normalized spacial score (nSPS) is 15.9. The molecule has 1 aromatic rings. The number of ether oxygens (including phenoxy) is 1. The van der Waals surface area contributed by atoms with Crippen molar-refractivity contribution in [3.8, 4) is 0 Å². The largest absolute Gasteiger partial charge is 0.468 e. The number of benzene rings is 1. The van der Waals surface area contributed by atoms with Gasteiger partial charge in [-0.3, -0.25) is 9.59 Å². The Hall–Kier alpha value is -1.80. The van der Waals surface area contributed by atoms with Crippen molar-refractivity contribution in [2.45, 2.75) is 26.3 Å². The second-order valence-electron chi connectivity index (χ2n) is 6.79. The SMILES string of the molecule is CCN1CCN(c2ccc(F)cc2C(C)NC(=O)CCSCC(=O)OC)CC1. The minimum absolute atomic E-state index is 0.115. The highest BCUT2D eigenvalue weighted by atomic mass is 32.2. The van der Waals surface area contributed by atoms with Crippen molar-refractivity contribution >= 4 is 29.3 Å². The molecule has 1 aromatic carbocycles. The van der Waals surface area contributed by atoms with Crippen molar-refractivity contribution in [2.24, 2.45) is 0 Å². The molecule has 1 amide bonds. The third kappa shape index (κ3) is 6.67. The van der Waals surface area contributed by atoms with Crippen molar-refractivity contribution in [1.29, 1.82) is 0 Å². The lowest BCUT2D eigenvalue weighted by atomic mass is 10.0. The molecule has 156 valence electrons. The summed E-state index contributed by atoms with van der Waals surface area (Å²) in [5, 5.41) is 2.95. The highest BCUT2D eigenvalue weighted by Crippen LogP contribution is 2.28. The summed E-state index contributed by atoms with van der Waals surface area (Å²) in [6.45, 7) is 8.79. The molecule has 0 spiro atoms. The number of nitrogens with zero attached hydrogens (tertiary/aromatic N) is 2. The van der Waals surface area contributed by atoms with Crippen LogP contribution in [-0.4, -0.2) is 68.1 Å². The molecule has 1 atom stereocenters. The molecule has 8 heteroatoms. The van der Waals surface area contributed by atoms with Crippen molar-refractivity contribution in [3.05, 3.63) is 29.6 Å². The molecule has 6 nitrogen and oxygen atoms in total. The van der Waals surface area contributed by atoms with Gasteiger partial charge in [-0.05, 0) is 31.7 Å². The lowest BCUT2D eigenvalue weighted by Gasteiger charge is -2.37. The summed E-state index contributed by atoms with van der Waals surface area (Å²) >= 11 is 1.36. The van der Waals surface area contributed by atoms with Crippen LogP contribution in [0, 0.1) is 5.82 Å². The van der Waals surface area contributed by atoms with E-state index in [4.69, 9.17) is 0 Å². The number of halogens is 1. The molecule has 1 unspecified atom stereocenters. The number of likely N-dealkylation sites (N-methyl/N-ethyl adjacent to an activating group) is 1. The minimum atomic E-state index is -0.305. The van der Waals surface area contributed by atoms with Gasteiger partial charge in [-0.2, -0.15) is 0 Å². The summed E-state index contributed by atoms with van der Waals surface area (Å²) in [6, 6.07) is 4.50. The zero-order chi connectivity index (χ0) is 20.5. The lowest BCUT2D eigenvalue weighted by Crippen LogP contribution is -2.46. The average molecular weight is 412 g/mol. The first-order chi connectivity index (χ1) is 13.4. The molecule has 1 fully saturated rings. The fourth-order valence-electron chi connectivity index (χ4n) is 3.24. The second-order valence-corrected chi connectivity index (χ2v) is 7.90. The predicted molar refractivity (Wildman–Crippen MR) is 111 cm³/mol. The molecular weight excluding hydrogens is 381 g/mol. The van der Waals surface area contributed by atoms with E-state index in [0.717, 1.165) is 44.0 Å². The number of nitrogens with one attached hydrogen (secondary N) is 1. The summed E-state index contributed by atoms with van der Waals surface area (Å²) in [5.41, 5.74) is 1.77. The number of amides is 1. The highest BCUT2D eigenvalue weighted by molar-refractivity contribution is 7.99. The standard InChI is InChI=1S/C20H30FN3O3S/c1-4-23-8-10-24(11-9-23)18-6-5-16(21)13-17(18)15(2)22-19(25)7-12-28-14-20(26)27-3/h5-6,13,15H,4,7-12,14H2,1-3H3,(H,22,25). The van der Waals surface area contributed by atoms with Crippen LogP contribution in [0.1, 0.15) is 31.9 Å². The molecule has 0 saturated carbocycles. The van der Waals surface area contributed by atoms with E-state index in [-0.39, 0.29) is 29.5 Å². The van der Waals surface area contributed by atoms with Gasteiger partial charge in [0, 0.05) is 49.6 Å². The van der Waals surface area contributed by atoms with Crippen LogP contribution < -0.4 is 10.2 Å². The summed E-state index contributed by atoms with van der Waals surface area (Å²) in [6.07, 6.45) is 0.297. The van der Waals surface area contributed by atoms with Gasteiger partial charge in [0.05, 0.1) is 18.9 Å². The maximum Gasteiger partial charge on any atom is 0.315 e. The van der Waals surface area contributed by atoms with E-state index in [9.17, 15) is 14.0 Å². The first kappa shape index (κ1) is 22.5. The Morgan fingerprint density at radius 2 is 2.00 bits per heavy atom. The van der Waals surface area contributed by atoms with E-state index in [1.54, 1.807) is 6.07 Å². The molecule has 0 radical (unpaired) electrons. The van der Waals surface area contributed by atoms with Crippen molar-refractivity contribution in [1.82, 2.24) is 10.2 Å². The van der Waals surface area contributed by atoms with Crippen LogP contribution in [-0.2, 0) is 14.3 Å². The maximum absolute atomic E-state index is 13.9. The number of rotatable bonds is 9. The number of carbonyl (C=O) groups excluding carboxylic acids is 2. The number of piperazine rings is 1. The predicted octanol–water partition coefficient (Wildman–Crippen LogP) is 2.44. The quantitative estimate of drug-likeness (QED) is 0.498. The van der Waals surface area contributed by atoms with Gasteiger partial charge in [-0.25, -0.2) is 4.39 Å². The first-order valence-electron chi connectivity index (χ1n) is 9.65. The fourth-order valence-corrected chi connectivity index (χ4v) is 3.99. The van der Waals surface area contributed by atoms with Gasteiger partial charge >= 0.3 is 5.97 Å². The smallest absolute Gasteiger partial charge is 0.315 e. The third-order valence-electron chi connectivity index (χ3n) is 4.91. The van der Waals surface area contributed by atoms with Crippen LogP contribution >= 0.6 is 11.8 Å². The number of thioether (sulfide) groups is 1. The lowest BCUT2D eigenvalue weighted by molar-refractivity contribution is -0.137. The van der Waals surface area contributed by atoms with Crippen LogP contribution in [0.25, 0.3) is 0 Å². The average Bonchev–Trinajstić information content (AvgIpc) is 2.71. The Bertz CT molecular complexity index is 666. The molecule has 1 saturated heterocycles. The maximum atomic E-state index is 13.9. The van der Waals surface area contributed by atoms with Gasteiger partial charge in [0.2, 0.25) is 5.91 Å². The van der Waals surface area contributed by atoms with E-state index in [0.29, 0.717) is 12.2 Å². The van der Waals surface area contributed by atoms with Gasteiger partial charge in [0.15, 0.2) is 0 Å². The molecule has 0 aliphatic carbocycles. The Morgan fingerprint density at radius 1 is 1.29 bits per heavy atom. The van der Waals surface area contributed by atoms with Crippen LogP contribution in [0.4, 0.5) is 10.1 Å². The molecule has 1 aliphatic heterocycles. The van der Waals surface area contributed by atoms with Crippen molar-refractivity contribution in [3.63, 3.8) is 0 Å². The van der Waals surface area contributed by atoms with Crippen molar-refractivity contribution in [2.75, 3.05) is 56.2 Å². The van der Waals surface area contributed by atoms with E-state index < -0.39 is 0 Å². The van der Waals surface area contributed by atoms with E-state index in [1.807, 2.05) is 6.92 Å². The topological polar surface area (TPSA) is 61.9 Å². The molecule has 2 rings (SSSR count). The van der Waals surface area contributed by atoms with E-state index >= 15 is 0 Å². The van der Waals surface area contributed by atoms with Gasteiger partial charge < -0.3 is 19.9 Å². The summed E-state index contributed by atoms with van der Waals surface area (Å²) in [4.78, 5) is 28.0. The number of methoxy groups -OCH3 is 1. The monoisotopic (exact) mass is 411 g/mol. The van der Waals surface area contributed by atoms with E-state index in [1.165, 1.54) is 31.0 Å². The van der Waals surface area contributed by atoms with Gasteiger partial charge in [0.25, 0.3) is 0 Å². The fraction of sp³-hybridized carbons (Fsp3) is 0.600. The van der Waals surface area contributed by atoms with Crippen LogP contribution in [0.3, 0.4) is 0 Å². The molecule has 0 bridgehead atoms. The summed E-state index contributed by atoms with van der Waals surface area (Å²) < 4.78 is 18.5. The Morgan fingerprint density at radius 3 is 2.64 bits per heavy atom. The van der Waals surface area contributed by atoms with Crippen LogP contribution in [0.5, 0.6) is 0 Å². The Kier molecular flexibility index (Phi) is 9.05.